The van der Waals surface area contributed by atoms with Crippen LogP contribution in [0.2, 0.25) is 0 Å². The number of Topliss-reactive ketones (excluding diaryl/α,β-unsaturated/α-hetero) is 1. The molecule has 9 nitrogen and oxygen atoms in total. The summed E-state index contributed by atoms with van der Waals surface area (Å²) < 4.78 is 13.9. The molecule has 0 unspecified atom stereocenters. The first kappa shape index (κ1) is 15.6. The molecule has 0 rings (SSSR count). The fraction of sp³-hybridized carbons (Fsp3) is 0.833. The second kappa shape index (κ2) is 6.38. The van der Waals surface area contributed by atoms with E-state index in [1.807, 2.05) is 0 Å². The molecule has 0 fully saturated rings. The van der Waals surface area contributed by atoms with Gasteiger partial charge in [0.25, 0.3) is 0 Å². The van der Waals surface area contributed by atoms with Gasteiger partial charge in [0.2, 0.25) is 0 Å². The molecule has 0 aliphatic heterocycles. The van der Waals surface area contributed by atoms with Crippen LogP contribution in [0.4, 0.5) is 0 Å². The molecule has 0 aromatic heterocycles. The van der Waals surface area contributed by atoms with Gasteiger partial charge in [0.1, 0.15) is 18.8 Å². The fourth-order valence-electron chi connectivity index (χ4n) is 0.850. The number of aliphatic hydroxyl groups excluding tert-OH is 4. The van der Waals surface area contributed by atoms with Crippen molar-refractivity contribution in [3.8, 4) is 0 Å². The second-order valence-electron chi connectivity index (χ2n) is 2.84. The molecular weight excluding hydrogens is 247 g/mol. The van der Waals surface area contributed by atoms with E-state index in [2.05, 4.69) is 4.52 Å². The van der Waals surface area contributed by atoms with Crippen LogP contribution in [0, 0.1) is 0 Å². The molecule has 0 bridgehead atoms. The van der Waals surface area contributed by atoms with Crippen molar-refractivity contribution in [2.75, 3.05) is 13.2 Å². The zero-order valence-corrected chi connectivity index (χ0v) is 8.82. The highest BCUT2D eigenvalue weighted by atomic mass is 31.2. The average molecular weight is 258 g/mol. The molecule has 0 spiro atoms. The van der Waals surface area contributed by atoms with Crippen molar-refractivity contribution in [3.05, 3.63) is 0 Å². The van der Waals surface area contributed by atoms with E-state index in [-0.39, 0.29) is 0 Å². The number of carbonyl (C=O) groups excluding carboxylic acids is 1. The van der Waals surface area contributed by atoms with E-state index in [0.717, 1.165) is 0 Å². The van der Waals surface area contributed by atoms with E-state index in [0.29, 0.717) is 0 Å². The highest BCUT2D eigenvalue weighted by Crippen LogP contribution is 2.29. The lowest BCUT2D eigenvalue weighted by atomic mass is 10.1. The Morgan fingerprint density at radius 3 is 2.12 bits per heavy atom. The molecular formula is C6H11O9P-2. The lowest BCUT2D eigenvalue weighted by Gasteiger charge is -2.35. The second-order valence-corrected chi connectivity index (χ2v) is 3.94. The van der Waals surface area contributed by atoms with Crippen LogP contribution in [0.15, 0.2) is 0 Å². The first-order chi connectivity index (χ1) is 7.22. The third-order valence-electron chi connectivity index (χ3n) is 1.61. The van der Waals surface area contributed by atoms with Gasteiger partial charge in [-0.25, -0.2) is 0 Å². The Labute approximate surface area is 90.2 Å². The number of carbonyl (C=O) groups is 1. The molecule has 0 saturated heterocycles. The van der Waals surface area contributed by atoms with Gasteiger partial charge in [-0.1, -0.05) is 0 Å². The van der Waals surface area contributed by atoms with Gasteiger partial charge in [-0.3, -0.25) is 4.79 Å². The van der Waals surface area contributed by atoms with Crippen molar-refractivity contribution in [2.45, 2.75) is 18.3 Å². The minimum Gasteiger partial charge on any atom is -0.790 e. The van der Waals surface area contributed by atoms with Crippen LogP contribution in [0.3, 0.4) is 0 Å². The summed E-state index contributed by atoms with van der Waals surface area (Å²) in [6.07, 6.45) is -6.26. The molecule has 0 aromatic carbocycles. The van der Waals surface area contributed by atoms with E-state index in [1.165, 1.54) is 0 Å². The van der Waals surface area contributed by atoms with Gasteiger partial charge in [-0.2, -0.15) is 0 Å². The quantitative estimate of drug-likeness (QED) is 0.328. The summed E-state index contributed by atoms with van der Waals surface area (Å²) in [7, 11) is -5.58. The average Bonchev–Trinajstić information content (AvgIpc) is 2.21. The molecule has 0 radical (unpaired) electrons. The zero-order chi connectivity index (χ0) is 12.9. The predicted octanol–water partition coefficient (Wildman–Crippen LogP) is -4.52. The molecule has 3 atom stereocenters. The fourth-order valence-corrected chi connectivity index (χ4v) is 1.37. The Hall–Kier alpha value is -0.380. The maximum atomic E-state index is 10.9. The molecule has 10 heteroatoms. The summed E-state index contributed by atoms with van der Waals surface area (Å²) in [6.45, 7) is -2.18. The Morgan fingerprint density at radius 2 is 1.81 bits per heavy atom. The first-order valence-electron chi connectivity index (χ1n) is 4.04. The largest absolute Gasteiger partial charge is 0.790 e. The van der Waals surface area contributed by atoms with Gasteiger partial charge in [0.05, 0.1) is 14.4 Å². The van der Waals surface area contributed by atoms with Crippen molar-refractivity contribution in [3.63, 3.8) is 0 Å². The standard InChI is InChI=1S/C6H13O9P/c7-1-3(9)5(11)6(4(10)2-8)15-16(12,13)14/h3,5-9,11H,1-2H2,(H2,12,13,14)/p-2/t3-,5+,6+/m1/s1. The summed E-state index contributed by atoms with van der Waals surface area (Å²) >= 11 is 0. The molecule has 0 amide bonds. The van der Waals surface area contributed by atoms with Gasteiger partial charge >= 0.3 is 0 Å². The number of phosphoric ester groups is 1. The van der Waals surface area contributed by atoms with Crippen molar-refractivity contribution < 1.29 is 44.1 Å². The molecule has 0 aliphatic carbocycles. The molecule has 16 heavy (non-hydrogen) atoms. The number of hydrogen-bond acceptors (Lipinski definition) is 9. The van der Waals surface area contributed by atoms with Crippen LogP contribution < -0.4 is 9.79 Å². The van der Waals surface area contributed by atoms with Crippen LogP contribution in [-0.2, 0) is 13.9 Å². The highest BCUT2D eigenvalue weighted by molar-refractivity contribution is 7.43. The van der Waals surface area contributed by atoms with Gasteiger partial charge in [-0.05, 0) is 0 Å². The Bertz CT molecular complexity index is 273. The summed E-state index contributed by atoms with van der Waals surface area (Å²) in [5.41, 5.74) is 0. The summed E-state index contributed by atoms with van der Waals surface area (Å²) in [5, 5.41) is 35.0. The predicted molar refractivity (Wildman–Crippen MR) is 43.7 cm³/mol. The first-order valence-corrected chi connectivity index (χ1v) is 5.50. The lowest BCUT2D eigenvalue weighted by Crippen LogP contribution is -2.47. The number of phosphoric acid groups is 1. The van der Waals surface area contributed by atoms with E-state index in [9.17, 15) is 24.3 Å². The van der Waals surface area contributed by atoms with Crippen LogP contribution in [0.1, 0.15) is 0 Å². The van der Waals surface area contributed by atoms with Gasteiger partial charge in [-0.15, -0.1) is 0 Å². The Balaban J connectivity index is 4.80. The third kappa shape index (κ3) is 5.10. The number of rotatable bonds is 7. The van der Waals surface area contributed by atoms with Gasteiger partial charge in [0, 0.05) is 0 Å². The number of aliphatic hydroxyl groups is 4. The van der Waals surface area contributed by atoms with Crippen LogP contribution >= 0.6 is 7.82 Å². The van der Waals surface area contributed by atoms with E-state index in [1.54, 1.807) is 0 Å². The molecule has 96 valence electrons. The third-order valence-corrected chi connectivity index (χ3v) is 2.09. The highest BCUT2D eigenvalue weighted by Gasteiger charge is 2.32. The maximum absolute atomic E-state index is 10.9. The molecule has 0 saturated carbocycles. The smallest absolute Gasteiger partial charge is 0.189 e. The van der Waals surface area contributed by atoms with Crippen molar-refractivity contribution in [2.24, 2.45) is 0 Å². The minimum atomic E-state index is -5.58. The van der Waals surface area contributed by atoms with Crippen molar-refractivity contribution >= 4 is 13.6 Å². The molecule has 4 N–H and O–H groups in total. The van der Waals surface area contributed by atoms with E-state index < -0.39 is 45.1 Å². The SMILES string of the molecule is O=C(CO)[C@H](OP(=O)([O-])[O-])[C@@H](O)[C@H](O)CO. The van der Waals surface area contributed by atoms with Gasteiger partial charge in [0.15, 0.2) is 11.9 Å². The Morgan fingerprint density at radius 1 is 1.31 bits per heavy atom. The maximum Gasteiger partial charge on any atom is 0.189 e. The van der Waals surface area contributed by atoms with Crippen LogP contribution in [-0.4, -0.2) is 57.7 Å². The zero-order valence-electron chi connectivity index (χ0n) is 7.92. The lowest BCUT2D eigenvalue weighted by molar-refractivity contribution is -0.346. The minimum absolute atomic E-state index is 0.984. The number of hydrogen-bond donors (Lipinski definition) is 4. The number of ketones is 1. The normalized spacial score (nSPS) is 17.9. The van der Waals surface area contributed by atoms with E-state index in [4.69, 9.17) is 15.3 Å². The Kier molecular flexibility index (Phi) is 6.23. The summed E-state index contributed by atoms with van der Waals surface area (Å²) in [5.74, 6) is -1.31. The summed E-state index contributed by atoms with van der Waals surface area (Å²) in [4.78, 5) is 31.4. The van der Waals surface area contributed by atoms with Crippen LogP contribution in [0.25, 0.3) is 0 Å². The monoisotopic (exact) mass is 258 g/mol. The topological polar surface area (TPSA) is 170 Å². The molecule has 0 aliphatic rings. The molecule has 0 aromatic rings. The van der Waals surface area contributed by atoms with Gasteiger partial charge < -0.3 is 39.3 Å². The van der Waals surface area contributed by atoms with E-state index >= 15 is 0 Å². The van der Waals surface area contributed by atoms with Crippen LogP contribution in [0.5, 0.6) is 0 Å². The van der Waals surface area contributed by atoms with Crippen molar-refractivity contribution in [1.29, 1.82) is 0 Å². The van der Waals surface area contributed by atoms with Crippen molar-refractivity contribution in [1.82, 2.24) is 0 Å². The molecule has 0 heterocycles. The summed E-state index contributed by atoms with van der Waals surface area (Å²) in [6, 6.07) is 0.